The van der Waals surface area contributed by atoms with Gasteiger partial charge in [-0.1, -0.05) is 11.6 Å². The molecule has 1 unspecified atom stereocenters. The van der Waals surface area contributed by atoms with Crippen molar-refractivity contribution in [2.24, 2.45) is 0 Å². The van der Waals surface area contributed by atoms with Crippen LogP contribution in [0.4, 0.5) is 4.79 Å². The fourth-order valence-electron chi connectivity index (χ4n) is 2.67. The maximum atomic E-state index is 12.3. The van der Waals surface area contributed by atoms with Crippen molar-refractivity contribution in [1.82, 2.24) is 4.90 Å². The largest absolute Gasteiger partial charge is 0.496 e. The lowest BCUT2D eigenvalue weighted by Crippen LogP contribution is -2.42. The Morgan fingerprint density at radius 1 is 1.38 bits per heavy atom. The van der Waals surface area contributed by atoms with E-state index in [0.717, 1.165) is 16.9 Å². The fraction of sp³-hybridized carbons (Fsp3) is 0.562. The van der Waals surface area contributed by atoms with Crippen molar-refractivity contribution in [2.75, 3.05) is 13.7 Å². The molecule has 0 saturated heterocycles. The number of carbonyl (C=O) groups excluding carboxylic acids is 1. The van der Waals surface area contributed by atoms with Crippen LogP contribution in [-0.4, -0.2) is 30.2 Å². The van der Waals surface area contributed by atoms with Crippen molar-refractivity contribution < 1.29 is 14.3 Å². The quantitative estimate of drug-likeness (QED) is 0.780. The number of benzene rings is 1. The Morgan fingerprint density at radius 3 is 2.62 bits per heavy atom. The number of ether oxygens (including phenoxy) is 2. The Morgan fingerprint density at radius 2 is 2.05 bits per heavy atom. The minimum Gasteiger partial charge on any atom is -0.496 e. The third-order valence-electron chi connectivity index (χ3n) is 3.60. The molecule has 0 saturated carbocycles. The molecule has 1 heterocycles. The molecule has 1 aliphatic rings. The van der Waals surface area contributed by atoms with Crippen LogP contribution in [-0.2, 0) is 11.2 Å². The summed E-state index contributed by atoms with van der Waals surface area (Å²) in [6.07, 6.45) is 0.405. The predicted molar refractivity (Wildman–Crippen MR) is 83.1 cm³/mol. The van der Waals surface area contributed by atoms with Gasteiger partial charge in [-0.2, -0.15) is 0 Å². The summed E-state index contributed by atoms with van der Waals surface area (Å²) in [7, 11) is 1.65. The van der Waals surface area contributed by atoms with Crippen molar-refractivity contribution in [1.29, 1.82) is 0 Å². The van der Waals surface area contributed by atoms with Crippen LogP contribution in [0.5, 0.6) is 5.75 Å². The van der Waals surface area contributed by atoms with Crippen LogP contribution in [0.1, 0.15) is 44.9 Å². The van der Waals surface area contributed by atoms with E-state index < -0.39 is 5.60 Å². The van der Waals surface area contributed by atoms with Gasteiger partial charge in [0.2, 0.25) is 0 Å². The van der Waals surface area contributed by atoms with E-state index in [9.17, 15) is 4.79 Å². The van der Waals surface area contributed by atoms with Crippen LogP contribution in [0.3, 0.4) is 0 Å². The van der Waals surface area contributed by atoms with Crippen LogP contribution in [0.15, 0.2) is 12.1 Å². The van der Waals surface area contributed by atoms with Crippen molar-refractivity contribution in [3.8, 4) is 5.75 Å². The summed E-state index contributed by atoms with van der Waals surface area (Å²) in [5.74, 6) is 0.824. The molecule has 1 aliphatic heterocycles. The molecule has 4 nitrogen and oxygen atoms in total. The highest BCUT2D eigenvalue weighted by Crippen LogP contribution is 2.39. The van der Waals surface area contributed by atoms with Gasteiger partial charge in [-0.25, -0.2) is 4.79 Å². The number of methoxy groups -OCH3 is 1. The van der Waals surface area contributed by atoms with Crippen LogP contribution in [0.25, 0.3) is 0 Å². The normalized spacial score (nSPS) is 18.2. The lowest BCUT2D eigenvalue weighted by molar-refractivity contribution is 0.0159. The smallest absolute Gasteiger partial charge is 0.410 e. The minimum absolute atomic E-state index is 0.133. The summed E-state index contributed by atoms with van der Waals surface area (Å²) >= 11 is 6.33. The standard InChI is InChI=1S/C16H22ClNO3/c1-10-14-11(13(20-5)7-6-12(14)17)8-9-18(10)15(19)21-16(2,3)4/h6-7,10H,8-9H2,1-5H3. The molecule has 0 aliphatic carbocycles. The second-order valence-electron chi connectivity index (χ2n) is 6.24. The molecule has 1 atom stereocenters. The second kappa shape index (κ2) is 5.76. The zero-order chi connectivity index (χ0) is 15.8. The first-order chi connectivity index (χ1) is 9.74. The Hall–Kier alpha value is -1.42. The second-order valence-corrected chi connectivity index (χ2v) is 6.65. The number of carbonyl (C=O) groups is 1. The third-order valence-corrected chi connectivity index (χ3v) is 3.93. The van der Waals surface area contributed by atoms with E-state index in [-0.39, 0.29) is 12.1 Å². The molecule has 2 rings (SSSR count). The van der Waals surface area contributed by atoms with Crippen LogP contribution < -0.4 is 4.74 Å². The predicted octanol–water partition coefficient (Wildman–Crippen LogP) is 4.20. The van der Waals surface area contributed by atoms with Gasteiger partial charge in [0.05, 0.1) is 13.2 Å². The monoisotopic (exact) mass is 311 g/mol. The molecule has 0 N–H and O–H groups in total. The topological polar surface area (TPSA) is 38.8 Å². The molecule has 21 heavy (non-hydrogen) atoms. The van der Waals surface area contributed by atoms with Gasteiger partial charge in [0, 0.05) is 22.7 Å². The Balaban J connectivity index is 2.32. The van der Waals surface area contributed by atoms with Crippen molar-refractivity contribution in [3.05, 3.63) is 28.3 Å². The SMILES string of the molecule is COc1ccc(Cl)c2c1CCN(C(=O)OC(C)(C)C)C2C. The molecule has 0 bridgehead atoms. The van der Waals surface area contributed by atoms with E-state index in [4.69, 9.17) is 21.1 Å². The first kappa shape index (κ1) is 16.0. The van der Waals surface area contributed by atoms with Crippen molar-refractivity contribution in [3.63, 3.8) is 0 Å². The number of halogens is 1. The van der Waals surface area contributed by atoms with Gasteiger partial charge in [-0.15, -0.1) is 0 Å². The molecule has 1 aromatic carbocycles. The summed E-state index contributed by atoms with van der Waals surface area (Å²) in [4.78, 5) is 14.1. The first-order valence-electron chi connectivity index (χ1n) is 7.09. The van der Waals surface area contributed by atoms with E-state index in [1.165, 1.54) is 0 Å². The van der Waals surface area contributed by atoms with Gasteiger partial charge in [-0.3, -0.25) is 0 Å². The molecular weight excluding hydrogens is 290 g/mol. The molecule has 116 valence electrons. The summed E-state index contributed by atoms with van der Waals surface area (Å²) in [6.45, 7) is 8.16. The van der Waals surface area contributed by atoms with Gasteiger partial charge < -0.3 is 14.4 Å². The summed E-state index contributed by atoms with van der Waals surface area (Å²) < 4.78 is 10.9. The minimum atomic E-state index is -0.505. The average molecular weight is 312 g/mol. The number of hydrogen-bond acceptors (Lipinski definition) is 3. The van der Waals surface area contributed by atoms with Crippen LogP contribution >= 0.6 is 11.6 Å². The number of amides is 1. The van der Waals surface area contributed by atoms with E-state index in [1.807, 2.05) is 39.8 Å². The number of fused-ring (bicyclic) bond motifs is 1. The maximum absolute atomic E-state index is 12.3. The lowest BCUT2D eigenvalue weighted by Gasteiger charge is -2.37. The Kier molecular flexibility index (Phi) is 4.38. The fourth-order valence-corrected chi connectivity index (χ4v) is 3.00. The molecule has 0 spiro atoms. The summed E-state index contributed by atoms with van der Waals surface area (Å²) in [5.41, 5.74) is 1.53. The van der Waals surface area contributed by atoms with Crippen molar-refractivity contribution >= 4 is 17.7 Å². The zero-order valence-electron chi connectivity index (χ0n) is 13.2. The van der Waals surface area contributed by atoms with Gasteiger partial charge >= 0.3 is 6.09 Å². The van der Waals surface area contributed by atoms with Gasteiger partial charge in [0.25, 0.3) is 0 Å². The molecule has 5 heteroatoms. The summed E-state index contributed by atoms with van der Waals surface area (Å²) in [6, 6.07) is 3.55. The Labute approximate surface area is 131 Å². The zero-order valence-corrected chi connectivity index (χ0v) is 14.0. The van der Waals surface area contributed by atoms with Gasteiger partial charge in [0.15, 0.2) is 0 Å². The van der Waals surface area contributed by atoms with E-state index in [2.05, 4.69) is 0 Å². The molecule has 1 amide bonds. The molecule has 0 fully saturated rings. The lowest BCUT2D eigenvalue weighted by atomic mass is 9.93. The number of hydrogen-bond donors (Lipinski definition) is 0. The third kappa shape index (κ3) is 3.26. The van der Waals surface area contributed by atoms with Crippen LogP contribution in [0, 0.1) is 0 Å². The van der Waals surface area contributed by atoms with Gasteiger partial charge in [-0.05, 0) is 46.2 Å². The molecule has 1 aromatic rings. The molecule has 0 radical (unpaired) electrons. The number of rotatable bonds is 1. The maximum Gasteiger partial charge on any atom is 0.410 e. The van der Waals surface area contributed by atoms with E-state index in [0.29, 0.717) is 18.0 Å². The van der Waals surface area contributed by atoms with Crippen LogP contribution in [0.2, 0.25) is 5.02 Å². The molecule has 0 aromatic heterocycles. The van der Waals surface area contributed by atoms with E-state index in [1.54, 1.807) is 12.0 Å². The summed E-state index contributed by atoms with van der Waals surface area (Å²) in [5, 5.41) is 0.659. The highest BCUT2D eigenvalue weighted by atomic mass is 35.5. The van der Waals surface area contributed by atoms with E-state index >= 15 is 0 Å². The van der Waals surface area contributed by atoms with Crippen molar-refractivity contribution in [2.45, 2.75) is 45.8 Å². The van der Waals surface area contributed by atoms with Gasteiger partial charge in [0.1, 0.15) is 11.4 Å². The average Bonchev–Trinajstić information content (AvgIpc) is 2.37. The molecular formula is C16H22ClNO3. The Bertz CT molecular complexity index is 551. The highest BCUT2D eigenvalue weighted by molar-refractivity contribution is 6.31. The number of nitrogens with zero attached hydrogens (tertiary/aromatic N) is 1. The highest BCUT2D eigenvalue weighted by Gasteiger charge is 2.33. The first-order valence-corrected chi connectivity index (χ1v) is 7.47.